The molecule has 2 heterocycles. The maximum atomic E-state index is 12.2. The van der Waals surface area contributed by atoms with Crippen molar-refractivity contribution in [2.75, 3.05) is 26.2 Å². The third-order valence-electron chi connectivity index (χ3n) is 3.39. The Balaban J connectivity index is 1.95. The van der Waals surface area contributed by atoms with Gasteiger partial charge < -0.3 is 10.0 Å². The molecule has 1 aromatic heterocycles. The molecular weight excluding hydrogens is 262 g/mol. The van der Waals surface area contributed by atoms with Crippen LogP contribution in [0, 0.1) is 0 Å². The molecule has 0 atom stereocenters. The number of carboxylic acid groups (broad SMARTS) is 1. The highest BCUT2D eigenvalue weighted by Crippen LogP contribution is 2.09. The van der Waals surface area contributed by atoms with Gasteiger partial charge in [-0.2, -0.15) is 0 Å². The predicted octanol–water partition coefficient (Wildman–Crippen LogP) is -0.471. The molecule has 1 amide bonds. The van der Waals surface area contributed by atoms with Gasteiger partial charge in [-0.1, -0.05) is 5.21 Å². The molecule has 1 N–H and O–H groups in total. The molecule has 110 valence electrons. The summed E-state index contributed by atoms with van der Waals surface area (Å²) in [5.41, 5.74) is 0.198. The Morgan fingerprint density at radius 1 is 1.30 bits per heavy atom. The number of nitrogens with zero attached hydrogens (tertiary/aromatic N) is 5. The van der Waals surface area contributed by atoms with Crippen LogP contribution in [-0.4, -0.2) is 74.0 Å². The Labute approximate surface area is 117 Å². The zero-order chi connectivity index (χ0) is 14.7. The van der Waals surface area contributed by atoms with Crippen molar-refractivity contribution in [2.45, 2.75) is 26.4 Å². The van der Waals surface area contributed by atoms with Gasteiger partial charge in [0, 0.05) is 32.2 Å². The molecule has 8 nitrogen and oxygen atoms in total. The maximum absolute atomic E-state index is 12.2. The lowest BCUT2D eigenvalue weighted by Crippen LogP contribution is -2.50. The first-order chi connectivity index (χ1) is 9.47. The SMILES string of the molecule is CC(C)N1CCN(C(=O)c2cn(CC(=O)O)nn2)CC1. The summed E-state index contributed by atoms with van der Waals surface area (Å²) in [6.45, 7) is 6.97. The molecule has 0 aliphatic carbocycles. The predicted molar refractivity (Wildman–Crippen MR) is 70.3 cm³/mol. The normalized spacial score (nSPS) is 16.6. The fourth-order valence-electron chi connectivity index (χ4n) is 2.22. The average molecular weight is 281 g/mol. The molecule has 0 spiro atoms. The highest BCUT2D eigenvalue weighted by Gasteiger charge is 2.25. The Morgan fingerprint density at radius 3 is 2.50 bits per heavy atom. The molecule has 1 aliphatic heterocycles. The molecule has 1 aliphatic rings. The number of carbonyl (C=O) groups excluding carboxylic acids is 1. The van der Waals surface area contributed by atoms with Gasteiger partial charge in [0.05, 0.1) is 6.20 Å². The van der Waals surface area contributed by atoms with Crippen LogP contribution >= 0.6 is 0 Å². The van der Waals surface area contributed by atoms with Crippen molar-refractivity contribution in [3.8, 4) is 0 Å². The van der Waals surface area contributed by atoms with E-state index in [2.05, 4.69) is 29.1 Å². The van der Waals surface area contributed by atoms with E-state index in [4.69, 9.17) is 5.11 Å². The first-order valence-electron chi connectivity index (χ1n) is 6.62. The van der Waals surface area contributed by atoms with Crippen molar-refractivity contribution < 1.29 is 14.7 Å². The van der Waals surface area contributed by atoms with E-state index in [-0.39, 0.29) is 18.1 Å². The van der Waals surface area contributed by atoms with Crippen LogP contribution in [0.3, 0.4) is 0 Å². The lowest BCUT2D eigenvalue weighted by molar-refractivity contribution is -0.137. The number of carboxylic acids is 1. The Bertz CT molecular complexity index is 491. The van der Waals surface area contributed by atoms with Crippen LogP contribution < -0.4 is 0 Å². The largest absolute Gasteiger partial charge is 0.480 e. The average Bonchev–Trinajstić information content (AvgIpc) is 2.85. The number of rotatable bonds is 4. The van der Waals surface area contributed by atoms with E-state index >= 15 is 0 Å². The van der Waals surface area contributed by atoms with Gasteiger partial charge in [0.15, 0.2) is 5.69 Å². The molecule has 1 fully saturated rings. The van der Waals surface area contributed by atoms with Gasteiger partial charge in [-0.15, -0.1) is 5.10 Å². The third-order valence-corrected chi connectivity index (χ3v) is 3.39. The molecule has 0 radical (unpaired) electrons. The van der Waals surface area contributed by atoms with Crippen LogP contribution in [0.25, 0.3) is 0 Å². The van der Waals surface area contributed by atoms with Crippen LogP contribution in [0.5, 0.6) is 0 Å². The van der Waals surface area contributed by atoms with Gasteiger partial charge in [0.25, 0.3) is 5.91 Å². The van der Waals surface area contributed by atoms with Gasteiger partial charge in [-0.3, -0.25) is 14.5 Å². The highest BCUT2D eigenvalue weighted by molar-refractivity contribution is 5.92. The summed E-state index contributed by atoms with van der Waals surface area (Å²) in [4.78, 5) is 26.8. The van der Waals surface area contributed by atoms with Crippen LogP contribution in [0.15, 0.2) is 6.20 Å². The van der Waals surface area contributed by atoms with Crippen molar-refractivity contribution >= 4 is 11.9 Å². The Kier molecular flexibility index (Phi) is 4.33. The molecular formula is C12H19N5O3. The van der Waals surface area contributed by atoms with E-state index < -0.39 is 5.97 Å². The van der Waals surface area contributed by atoms with Crippen molar-refractivity contribution in [3.63, 3.8) is 0 Å². The van der Waals surface area contributed by atoms with E-state index in [1.807, 2.05) is 0 Å². The van der Waals surface area contributed by atoms with Gasteiger partial charge >= 0.3 is 5.97 Å². The third kappa shape index (κ3) is 3.32. The van der Waals surface area contributed by atoms with Crippen molar-refractivity contribution in [1.29, 1.82) is 0 Å². The summed E-state index contributed by atoms with van der Waals surface area (Å²) in [5.74, 6) is -1.20. The second-order valence-corrected chi connectivity index (χ2v) is 5.12. The molecule has 1 saturated heterocycles. The number of aromatic nitrogens is 3. The second kappa shape index (κ2) is 6.00. The molecule has 8 heteroatoms. The lowest BCUT2D eigenvalue weighted by Gasteiger charge is -2.36. The molecule has 2 rings (SSSR count). The van der Waals surface area contributed by atoms with Crippen LogP contribution in [0.4, 0.5) is 0 Å². The number of piperazine rings is 1. The minimum atomic E-state index is -1.01. The monoisotopic (exact) mass is 281 g/mol. The number of hydrogen-bond donors (Lipinski definition) is 1. The number of aliphatic carboxylic acids is 1. The summed E-state index contributed by atoms with van der Waals surface area (Å²) in [7, 11) is 0. The van der Waals surface area contributed by atoms with Gasteiger partial charge in [0.2, 0.25) is 0 Å². The molecule has 0 bridgehead atoms. The minimum Gasteiger partial charge on any atom is -0.480 e. The zero-order valence-electron chi connectivity index (χ0n) is 11.7. The lowest BCUT2D eigenvalue weighted by atomic mass is 10.2. The second-order valence-electron chi connectivity index (χ2n) is 5.12. The van der Waals surface area contributed by atoms with Crippen molar-refractivity contribution in [1.82, 2.24) is 24.8 Å². The van der Waals surface area contributed by atoms with E-state index in [1.165, 1.54) is 6.20 Å². The summed E-state index contributed by atoms with van der Waals surface area (Å²) in [6, 6.07) is 0.476. The van der Waals surface area contributed by atoms with Crippen molar-refractivity contribution in [2.24, 2.45) is 0 Å². The number of hydrogen-bond acceptors (Lipinski definition) is 5. The number of amides is 1. The molecule has 1 aromatic rings. The molecule has 0 aromatic carbocycles. The first-order valence-corrected chi connectivity index (χ1v) is 6.62. The summed E-state index contributed by atoms with van der Waals surface area (Å²) in [6.07, 6.45) is 1.38. The van der Waals surface area contributed by atoms with Crippen LogP contribution in [-0.2, 0) is 11.3 Å². The fourth-order valence-corrected chi connectivity index (χ4v) is 2.22. The Morgan fingerprint density at radius 2 is 1.95 bits per heavy atom. The fraction of sp³-hybridized carbons (Fsp3) is 0.667. The van der Waals surface area contributed by atoms with E-state index in [0.717, 1.165) is 17.8 Å². The first kappa shape index (κ1) is 14.4. The van der Waals surface area contributed by atoms with E-state index in [1.54, 1.807) is 4.90 Å². The van der Waals surface area contributed by atoms with Gasteiger partial charge in [-0.25, -0.2) is 4.68 Å². The summed E-state index contributed by atoms with van der Waals surface area (Å²) in [5, 5.41) is 16.0. The summed E-state index contributed by atoms with van der Waals surface area (Å²) < 4.78 is 1.15. The molecule has 0 saturated carbocycles. The standard InChI is InChI=1S/C12H19N5O3/c1-9(2)15-3-5-16(6-4-15)12(20)10-7-17(14-13-10)8-11(18)19/h7,9H,3-6,8H2,1-2H3,(H,18,19). The van der Waals surface area contributed by atoms with E-state index in [0.29, 0.717) is 19.1 Å². The van der Waals surface area contributed by atoms with E-state index in [9.17, 15) is 9.59 Å². The van der Waals surface area contributed by atoms with Crippen LogP contribution in [0.1, 0.15) is 24.3 Å². The quantitative estimate of drug-likeness (QED) is 0.802. The van der Waals surface area contributed by atoms with Gasteiger partial charge in [0.1, 0.15) is 6.54 Å². The Hall–Kier alpha value is -1.96. The molecule has 20 heavy (non-hydrogen) atoms. The van der Waals surface area contributed by atoms with Gasteiger partial charge in [-0.05, 0) is 13.8 Å². The number of carbonyl (C=O) groups is 2. The minimum absolute atomic E-state index is 0.190. The summed E-state index contributed by atoms with van der Waals surface area (Å²) >= 11 is 0. The molecule has 0 unspecified atom stereocenters. The van der Waals surface area contributed by atoms with Crippen molar-refractivity contribution in [3.05, 3.63) is 11.9 Å². The maximum Gasteiger partial charge on any atom is 0.325 e. The topological polar surface area (TPSA) is 91.6 Å². The zero-order valence-corrected chi connectivity index (χ0v) is 11.7. The highest BCUT2D eigenvalue weighted by atomic mass is 16.4. The van der Waals surface area contributed by atoms with Crippen LogP contribution in [0.2, 0.25) is 0 Å². The smallest absolute Gasteiger partial charge is 0.325 e.